The molecular weight excluding hydrogens is 170 g/mol. The van der Waals surface area contributed by atoms with Gasteiger partial charge in [0.25, 0.3) is 0 Å². The number of hydrogen-bond acceptors (Lipinski definition) is 4. The summed E-state index contributed by atoms with van der Waals surface area (Å²) in [5, 5.41) is 4.12. The average molecular weight is 173 g/mol. The fourth-order valence-corrected chi connectivity index (χ4v) is 2.67. The molecule has 4 heteroatoms. The first-order chi connectivity index (χ1) is 4.36. The van der Waals surface area contributed by atoms with E-state index in [1.54, 1.807) is 22.7 Å². The van der Waals surface area contributed by atoms with Gasteiger partial charge in [-0.05, 0) is 0 Å². The molecule has 9 heavy (non-hydrogen) atoms. The summed E-state index contributed by atoms with van der Waals surface area (Å²) in [5.41, 5.74) is 1.08. The number of nitrogens with zero attached hydrogens (tertiary/aromatic N) is 1. The molecule has 0 amide bonds. The number of thiophene rings is 1. The van der Waals surface area contributed by atoms with E-state index in [1.165, 1.54) is 4.70 Å². The fourth-order valence-electron chi connectivity index (χ4n) is 0.661. The Morgan fingerprint density at radius 1 is 1.44 bits per heavy atom. The Labute approximate surface area is 65.8 Å². The minimum atomic E-state index is 0.854. The van der Waals surface area contributed by atoms with Crippen LogP contribution in [0.5, 0.6) is 0 Å². The van der Waals surface area contributed by atoms with E-state index in [4.69, 9.17) is 0 Å². The number of thiol groups is 1. The van der Waals surface area contributed by atoms with Crippen LogP contribution in [0, 0.1) is 0 Å². The van der Waals surface area contributed by atoms with Gasteiger partial charge in [-0.2, -0.15) is 0 Å². The highest BCUT2D eigenvalue weighted by Gasteiger charge is 1.98. The Bertz CT molecular complexity index is 293. The van der Waals surface area contributed by atoms with Crippen molar-refractivity contribution < 1.29 is 0 Å². The molecule has 0 atom stereocenters. The molecular formula is C5H3NS3. The Morgan fingerprint density at radius 3 is 3.11 bits per heavy atom. The molecule has 0 fully saturated rings. The van der Waals surface area contributed by atoms with Crippen molar-refractivity contribution in [3.8, 4) is 0 Å². The first-order valence-electron chi connectivity index (χ1n) is 2.38. The predicted octanol–water partition coefficient (Wildman–Crippen LogP) is 2.65. The van der Waals surface area contributed by atoms with Gasteiger partial charge in [0.15, 0.2) is 0 Å². The normalized spacial score (nSPS) is 10.8. The van der Waals surface area contributed by atoms with Crippen molar-refractivity contribution in [1.82, 2.24) is 4.98 Å². The maximum absolute atomic E-state index is 4.17. The van der Waals surface area contributed by atoms with Crippen LogP contribution in [0.1, 0.15) is 0 Å². The minimum Gasteiger partial charge on any atom is -0.229 e. The molecule has 0 aliphatic rings. The molecule has 0 aromatic carbocycles. The van der Waals surface area contributed by atoms with Gasteiger partial charge in [-0.1, -0.05) is 0 Å². The van der Waals surface area contributed by atoms with Crippen molar-refractivity contribution in [3.63, 3.8) is 0 Å². The van der Waals surface area contributed by atoms with Crippen molar-refractivity contribution in [3.05, 3.63) is 10.8 Å². The SMILES string of the molecule is Sc1nc2cscc2s1. The molecule has 0 spiro atoms. The van der Waals surface area contributed by atoms with Gasteiger partial charge in [-0.15, -0.1) is 35.3 Å². The quantitative estimate of drug-likeness (QED) is 0.604. The summed E-state index contributed by atoms with van der Waals surface area (Å²) in [4.78, 5) is 4.17. The van der Waals surface area contributed by atoms with Gasteiger partial charge in [0.05, 0.1) is 10.2 Å². The second kappa shape index (κ2) is 1.97. The molecule has 2 rings (SSSR count). The topological polar surface area (TPSA) is 12.9 Å². The molecule has 0 unspecified atom stereocenters. The van der Waals surface area contributed by atoms with E-state index in [-0.39, 0.29) is 0 Å². The predicted molar refractivity (Wildman–Crippen MR) is 44.7 cm³/mol. The van der Waals surface area contributed by atoms with Crippen LogP contribution in [0.3, 0.4) is 0 Å². The molecule has 0 radical (unpaired) electrons. The summed E-state index contributed by atoms with van der Waals surface area (Å²) >= 11 is 7.43. The third-order valence-corrected chi connectivity index (χ3v) is 3.10. The van der Waals surface area contributed by atoms with E-state index < -0.39 is 0 Å². The van der Waals surface area contributed by atoms with E-state index in [0.29, 0.717) is 0 Å². The van der Waals surface area contributed by atoms with Crippen LogP contribution in [0.4, 0.5) is 0 Å². The second-order valence-electron chi connectivity index (χ2n) is 1.62. The zero-order valence-corrected chi connectivity index (χ0v) is 6.89. The molecule has 0 N–H and O–H groups in total. The van der Waals surface area contributed by atoms with Crippen molar-refractivity contribution in [2.24, 2.45) is 0 Å². The number of fused-ring (bicyclic) bond motifs is 1. The second-order valence-corrected chi connectivity index (χ2v) is 4.12. The Hall–Kier alpha value is -0.0600. The molecule has 2 aromatic rings. The zero-order chi connectivity index (χ0) is 6.27. The van der Waals surface area contributed by atoms with Crippen LogP contribution in [-0.4, -0.2) is 4.98 Å². The van der Waals surface area contributed by atoms with Crippen molar-refractivity contribution >= 4 is 45.5 Å². The molecule has 46 valence electrons. The van der Waals surface area contributed by atoms with E-state index in [1.807, 2.05) is 5.38 Å². The van der Waals surface area contributed by atoms with E-state index in [2.05, 4.69) is 23.0 Å². The van der Waals surface area contributed by atoms with Crippen LogP contribution in [0.25, 0.3) is 10.2 Å². The van der Waals surface area contributed by atoms with Gasteiger partial charge >= 0.3 is 0 Å². The summed E-state index contributed by atoms with van der Waals surface area (Å²) in [7, 11) is 0. The summed E-state index contributed by atoms with van der Waals surface area (Å²) in [6, 6.07) is 0. The van der Waals surface area contributed by atoms with E-state index in [9.17, 15) is 0 Å². The lowest BCUT2D eigenvalue weighted by Crippen LogP contribution is -1.55. The zero-order valence-electron chi connectivity index (χ0n) is 4.37. The first-order valence-corrected chi connectivity index (χ1v) is 4.58. The van der Waals surface area contributed by atoms with E-state index >= 15 is 0 Å². The van der Waals surface area contributed by atoms with Gasteiger partial charge in [-0.25, -0.2) is 4.98 Å². The molecule has 2 heterocycles. The molecule has 0 aliphatic heterocycles. The minimum absolute atomic E-state index is 0.854. The van der Waals surface area contributed by atoms with Gasteiger partial charge in [0.1, 0.15) is 4.34 Å². The number of rotatable bonds is 0. The third-order valence-electron chi connectivity index (χ3n) is 1.02. The molecule has 0 aliphatic carbocycles. The first kappa shape index (κ1) is 5.70. The summed E-state index contributed by atoms with van der Waals surface area (Å²) in [6.07, 6.45) is 0. The van der Waals surface area contributed by atoms with Crippen molar-refractivity contribution in [2.45, 2.75) is 4.34 Å². The third kappa shape index (κ3) is 0.870. The maximum atomic E-state index is 4.17. The van der Waals surface area contributed by atoms with Crippen LogP contribution < -0.4 is 0 Å². The summed E-state index contributed by atoms with van der Waals surface area (Å²) in [6.45, 7) is 0. The highest BCUT2D eigenvalue weighted by molar-refractivity contribution is 7.83. The molecule has 0 saturated heterocycles. The van der Waals surface area contributed by atoms with Gasteiger partial charge in [0.2, 0.25) is 0 Å². The lowest BCUT2D eigenvalue weighted by Gasteiger charge is -1.68. The highest BCUT2D eigenvalue weighted by atomic mass is 32.2. The van der Waals surface area contributed by atoms with Crippen molar-refractivity contribution in [1.29, 1.82) is 0 Å². The van der Waals surface area contributed by atoms with Gasteiger partial charge in [0, 0.05) is 10.8 Å². The van der Waals surface area contributed by atoms with Crippen molar-refractivity contribution in [2.75, 3.05) is 0 Å². The molecule has 0 saturated carbocycles. The molecule has 1 nitrogen and oxygen atoms in total. The summed E-state index contributed by atoms with van der Waals surface area (Å²) in [5.74, 6) is 0. The number of aromatic nitrogens is 1. The van der Waals surface area contributed by atoms with Gasteiger partial charge in [-0.3, -0.25) is 0 Å². The largest absolute Gasteiger partial charge is 0.229 e. The average Bonchev–Trinajstić information content (AvgIpc) is 2.22. The monoisotopic (exact) mass is 173 g/mol. The lowest BCUT2D eigenvalue weighted by molar-refractivity contribution is 1.32. The maximum Gasteiger partial charge on any atom is 0.148 e. The lowest BCUT2D eigenvalue weighted by atomic mass is 10.6. The standard InChI is InChI=1S/C5H3NS3/c7-5-6-3-1-8-2-4(3)9-5/h1-2H,(H,6,7). The number of thiazole rings is 1. The molecule has 2 aromatic heterocycles. The number of hydrogen-bond donors (Lipinski definition) is 1. The Morgan fingerprint density at radius 2 is 2.33 bits per heavy atom. The Balaban J connectivity index is 2.92. The highest BCUT2D eigenvalue weighted by Crippen LogP contribution is 2.26. The van der Waals surface area contributed by atoms with Crippen LogP contribution in [0.2, 0.25) is 0 Å². The fraction of sp³-hybridized carbons (Fsp3) is 0. The Kier molecular flexibility index (Phi) is 1.25. The van der Waals surface area contributed by atoms with Crippen LogP contribution in [-0.2, 0) is 0 Å². The van der Waals surface area contributed by atoms with Gasteiger partial charge < -0.3 is 0 Å². The van der Waals surface area contributed by atoms with E-state index in [0.717, 1.165) is 9.86 Å². The van der Waals surface area contributed by atoms with Crippen LogP contribution in [0.15, 0.2) is 15.1 Å². The van der Waals surface area contributed by atoms with Crippen LogP contribution >= 0.6 is 35.3 Å². The smallest absolute Gasteiger partial charge is 0.148 e. The molecule has 0 bridgehead atoms. The summed E-state index contributed by atoms with van der Waals surface area (Å²) < 4.78 is 2.10.